The maximum atomic E-state index is 14.8. The standard InChI is InChI=1S/C62H90N14O16/c1-35(2)28-44(55(85)69-41(19-13-27-67-62(65)66)53(83)71-45(29-36(3)4)56(86)70-43(61(91)92)18-11-12-26-63)72-60(90)49(33-52(81)82)76-59(89)47(31-38-16-9-6-10-17-38)74-58(88)48(32-39-20-22-40(77)23-21-39)75-57(87)46(30-37-14-7-5-8-15-37)73-54(84)42(24-25-51(79)80)68-50(78)34-64/h5-10,14-17,20-23,35-36,41-49,77H,11-13,18-19,24-34,63-64H2,1-4H3,(H,68,78)(H,69,85)(H,70,86)(H,71,83)(H,72,90)(H,73,84)(H,74,88)(H,75,87)(H,76,89)(H,79,80)(H,81,82)(H,91,92)(H4,65,66,67)/t41-,42-,43-,44-,45-,46-,47-,48-,49-/m0/s1. The number of phenols is 1. The molecule has 504 valence electrons. The molecule has 0 aliphatic heterocycles. The number of nitrogens with one attached hydrogen (secondary N) is 9. The summed E-state index contributed by atoms with van der Waals surface area (Å²) in [4.78, 5) is 167. The van der Waals surface area contributed by atoms with E-state index < -0.39 is 151 Å². The molecule has 0 radical (unpaired) electrons. The quantitative estimate of drug-likeness (QED) is 0.0173. The third-order valence-electron chi connectivity index (χ3n) is 14.2. The molecule has 0 bridgehead atoms. The van der Waals surface area contributed by atoms with E-state index in [0.29, 0.717) is 36.1 Å². The molecule has 9 amide bonds. The Bertz CT molecular complexity index is 2970. The summed E-state index contributed by atoms with van der Waals surface area (Å²) >= 11 is 0. The molecule has 0 fully saturated rings. The number of carbonyl (C=O) groups excluding carboxylic acids is 9. The summed E-state index contributed by atoms with van der Waals surface area (Å²) in [7, 11) is 0. The summed E-state index contributed by atoms with van der Waals surface area (Å²) in [5.41, 5.74) is 23.5. The zero-order valence-electron chi connectivity index (χ0n) is 52.2. The first kappa shape index (κ1) is 76.5. The van der Waals surface area contributed by atoms with Crippen molar-refractivity contribution in [1.82, 2.24) is 47.9 Å². The van der Waals surface area contributed by atoms with Gasteiger partial charge in [0.2, 0.25) is 53.2 Å². The topological polar surface area (TPSA) is 510 Å². The molecule has 3 aromatic carbocycles. The highest BCUT2D eigenvalue weighted by Gasteiger charge is 2.37. The van der Waals surface area contributed by atoms with Crippen LogP contribution in [0, 0.1) is 11.8 Å². The molecule has 9 atom stereocenters. The Balaban J connectivity index is 2.04. The van der Waals surface area contributed by atoms with Gasteiger partial charge in [-0.25, -0.2) is 4.79 Å². The molecule has 30 heteroatoms. The Morgan fingerprint density at radius 3 is 1.20 bits per heavy atom. The second kappa shape index (κ2) is 40.1. The first-order valence-electron chi connectivity index (χ1n) is 30.3. The molecule has 0 aliphatic carbocycles. The van der Waals surface area contributed by atoms with E-state index in [-0.39, 0.29) is 81.5 Å². The van der Waals surface area contributed by atoms with Crippen LogP contribution in [0.3, 0.4) is 0 Å². The van der Waals surface area contributed by atoms with Gasteiger partial charge in [0.1, 0.15) is 60.1 Å². The molecule has 0 spiro atoms. The van der Waals surface area contributed by atoms with Crippen molar-refractivity contribution in [2.45, 2.75) is 166 Å². The summed E-state index contributed by atoms with van der Waals surface area (Å²) in [6.07, 6.45) is -1.95. The van der Waals surface area contributed by atoms with E-state index in [4.69, 9.17) is 22.9 Å². The lowest BCUT2D eigenvalue weighted by Crippen LogP contribution is -2.61. The van der Waals surface area contributed by atoms with Crippen molar-refractivity contribution in [2.75, 3.05) is 19.6 Å². The number of hydrogen-bond acceptors (Lipinski definition) is 16. The van der Waals surface area contributed by atoms with Crippen molar-refractivity contribution in [1.29, 1.82) is 0 Å². The maximum Gasteiger partial charge on any atom is 0.326 e. The normalized spacial score (nSPS) is 14.0. The first-order chi connectivity index (χ1) is 43.6. The zero-order chi connectivity index (χ0) is 68.5. The fourth-order valence-corrected chi connectivity index (χ4v) is 9.48. The molecule has 0 aliphatic rings. The third kappa shape index (κ3) is 29.3. The van der Waals surface area contributed by atoms with Crippen molar-refractivity contribution >= 4 is 77.0 Å². The second-order valence-electron chi connectivity index (χ2n) is 22.9. The Morgan fingerprint density at radius 1 is 0.424 bits per heavy atom. The molecule has 0 heterocycles. The number of nitrogens with two attached hydrogens (primary N) is 4. The van der Waals surface area contributed by atoms with Gasteiger partial charge in [-0.05, 0) is 98.6 Å². The van der Waals surface area contributed by atoms with Gasteiger partial charge < -0.3 is 91.2 Å². The monoisotopic (exact) mass is 1290 g/mol. The maximum absolute atomic E-state index is 14.8. The molecule has 30 nitrogen and oxygen atoms in total. The van der Waals surface area contributed by atoms with Crippen LogP contribution in [-0.2, 0) is 76.8 Å². The van der Waals surface area contributed by atoms with Gasteiger partial charge in [0, 0.05) is 32.2 Å². The van der Waals surface area contributed by atoms with Crippen LogP contribution >= 0.6 is 0 Å². The van der Waals surface area contributed by atoms with Crippen LogP contribution in [0.2, 0.25) is 0 Å². The van der Waals surface area contributed by atoms with Crippen molar-refractivity contribution < 1.29 is 78.0 Å². The molecule has 21 N–H and O–H groups in total. The number of rotatable bonds is 42. The van der Waals surface area contributed by atoms with Crippen molar-refractivity contribution in [3.05, 3.63) is 102 Å². The molecule has 3 rings (SSSR count). The van der Waals surface area contributed by atoms with Crippen molar-refractivity contribution in [3.8, 4) is 5.75 Å². The average molecular weight is 1290 g/mol. The average Bonchev–Trinajstić information content (AvgIpc) is 1.16. The predicted octanol–water partition coefficient (Wildman–Crippen LogP) is -1.56. The summed E-state index contributed by atoms with van der Waals surface area (Å²) in [6, 6.07) is 8.38. The van der Waals surface area contributed by atoms with Gasteiger partial charge in [-0.15, -0.1) is 0 Å². The summed E-state index contributed by atoms with van der Waals surface area (Å²) < 4.78 is 0. The van der Waals surface area contributed by atoms with E-state index >= 15 is 0 Å². The molecule has 0 aromatic heterocycles. The highest BCUT2D eigenvalue weighted by atomic mass is 16.4. The minimum Gasteiger partial charge on any atom is -0.508 e. The van der Waals surface area contributed by atoms with E-state index in [1.807, 2.05) is 0 Å². The van der Waals surface area contributed by atoms with Crippen molar-refractivity contribution in [3.63, 3.8) is 0 Å². The number of unbranched alkanes of at least 4 members (excludes halogenated alkanes) is 1. The van der Waals surface area contributed by atoms with Crippen LogP contribution in [0.5, 0.6) is 5.75 Å². The number of amides is 9. The van der Waals surface area contributed by atoms with E-state index in [1.165, 1.54) is 24.3 Å². The van der Waals surface area contributed by atoms with Gasteiger partial charge >= 0.3 is 17.9 Å². The van der Waals surface area contributed by atoms with Gasteiger partial charge in [0.15, 0.2) is 5.96 Å². The number of aromatic hydroxyl groups is 1. The van der Waals surface area contributed by atoms with Gasteiger partial charge in [-0.3, -0.25) is 57.7 Å². The number of aliphatic carboxylic acids is 3. The highest BCUT2D eigenvalue weighted by Crippen LogP contribution is 2.16. The Kier molecular flexibility index (Phi) is 33.4. The van der Waals surface area contributed by atoms with E-state index in [2.05, 4.69) is 52.8 Å². The SMILES string of the molecule is CC(C)C[C@H](NC(=O)[C@H](CCCN=C(N)N)NC(=O)[C@H](CC(C)C)NC(=O)[C@H](CC(=O)O)NC(=O)[C@H](Cc1ccccc1)NC(=O)[C@H](Cc1ccc(O)cc1)NC(=O)[C@H](Cc1ccccc1)NC(=O)[C@H](CCC(=O)O)NC(=O)CN)C(=O)N[C@@H](CCCCN)C(=O)O. The molecule has 92 heavy (non-hydrogen) atoms. The number of guanidine groups is 1. The number of carbonyl (C=O) groups is 12. The van der Waals surface area contributed by atoms with E-state index in [9.17, 15) is 78.0 Å². The Labute approximate surface area is 533 Å². The van der Waals surface area contributed by atoms with Crippen LogP contribution in [0.15, 0.2) is 89.9 Å². The minimum atomic E-state index is -1.94. The summed E-state index contributed by atoms with van der Waals surface area (Å²) in [6.45, 7) is 6.70. The van der Waals surface area contributed by atoms with E-state index in [1.54, 1.807) is 88.4 Å². The Hall–Kier alpha value is -9.71. The predicted molar refractivity (Wildman–Crippen MR) is 337 cm³/mol. The lowest BCUT2D eigenvalue weighted by Gasteiger charge is -2.29. The lowest BCUT2D eigenvalue weighted by molar-refractivity contribution is -0.143. The largest absolute Gasteiger partial charge is 0.508 e. The van der Waals surface area contributed by atoms with Crippen LogP contribution in [-0.4, -0.2) is 171 Å². The Morgan fingerprint density at radius 2 is 0.793 bits per heavy atom. The van der Waals surface area contributed by atoms with E-state index in [0.717, 1.165) is 0 Å². The number of carboxylic acids is 3. The molecule has 0 saturated carbocycles. The van der Waals surface area contributed by atoms with Crippen molar-refractivity contribution in [2.24, 2.45) is 39.8 Å². The molecular formula is C62H90N14O16. The number of phenolic OH excluding ortho intramolecular Hbond substituents is 1. The second-order valence-corrected chi connectivity index (χ2v) is 22.9. The van der Waals surface area contributed by atoms with Crippen LogP contribution in [0.25, 0.3) is 0 Å². The summed E-state index contributed by atoms with van der Waals surface area (Å²) in [5.74, 6) is -13.7. The fourth-order valence-electron chi connectivity index (χ4n) is 9.48. The molecule has 3 aromatic rings. The smallest absolute Gasteiger partial charge is 0.326 e. The summed E-state index contributed by atoms with van der Waals surface area (Å²) in [5, 5.41) is 62.4. The van der Waals surface area contributed by atoms with Crippen LogP contribution in [0.4, 0.5) is 0 Å². The van der Waals surface area contributed by atoms with Gasteiger partial charge in [0.05, 0.1) is 13.0 Å². The number of carboxylic acid groups (broad SMARTS) is 3. The number of aliphatic imine (C=N–C) groups is 1. The van der Waals surface area contributed by atoms with Gasteiger partial charge in [0.25, 0.3) is 0 Å². The lowest BCUT2D eigenvalue weighted by atomic mass is 9.99. The van der Waals surface area contributed by atoms with Gasteiger partial charge in [-0.1, -0.05) is 100 Å². The fraction of sp³-hybridized carbons (Fsp3) is 0.500. The number of nitrogens with zero attached hydrogens (tertiary/aromatic N) is 1. The first-order valence-corrected chi connectivity index (χ1v) is 30.3. The zero-order valence-corrected chi connectivity index (χ0v) is 52.2. The number of hydrogen-bond donors (Lipinski definition) is 17. The van der Waals surface area contributed by atoms with Crippen LogP contribution < -0.4 is 70.8 Å². The highest BCUT2D eigenvalue weighted by molar-refractivity contribution is 5.99. The molecular weight excluding hydrogens is 1200 g/mol. The van der Waals surface area contributed by atoms with Crippen LogP contribution in [0.1, 0.15) is 109 Å². The molecule has 0 saturated heterocycles. The third-order valence-corrected chi connectivity index (χ3v) is 14.2. The molecule has 0 unspecified atom stereocenters. The minimum absolute atomic E-state index is 0.00360. The number of benzene rings is 3. The van der Waals surface area contributed by atoms with Gasteiger partial charge in [-0.2, -0.15) is 0 Å².